The van der Waals surface area contributed by atoms with E-state index < -0.39 is 11.6 Å². The summed E-state index contributed by atoms with van der Waals surface area (Å²) in [4.78, 5) is 3.83. The first kappa shape index (κ1) is 13.1. The van der Waals surface area contributed by atoms with E-state index in [2.05, 4.69) is 4.98 Å². The summed E-state index contributed by atoms with van der Waals surface area (Å²) in [7, 11) is 0. The smallest absolute Gasteiger partial charge is 0.165 e. The molecule has 0 fully saturated rings. The first-order valence-corrected chi connectivity index (χ1v) is 5.69. The Morgan fingerprint density at radius 3 is 2.67 bits per heavy atom. The van der Waals surface area contributed by atoms with Crippen molar-refractivity contribution in [2.45, 2.75) is 6.61 Å². The van der Waals surface area contributed by atoms with Gasteiger partial charge in [-0.05, 0) is 18.2 Å². The number of ether oxygens (including phenoxy) is 1. The van der Waals surface area contributed by atoms with Gasteiger partial charge in [-0.2, -0.15) is 0 Å². The van der Waals surface area contributed by atoms with Crippen LogP contribution in [0.5, 0.6) is 5.75 Å². The fraction of sp³-hybridized carbons (Fsp3) is 0.0833. The van der Waals surface area contributed by atoms with Gasteiger partial charge < -0.3 is 4.74 Å². The number of hydrogen-bond acceptors (Lipinski definition) is 2. The molecule has 0 unspecified atom stereocenters. The van der Waals surface area contributed by atoms with Crippen LogP contribution in [0.25, 0.3) is 0 Å². The number of halogens is 4. The molecule has 0 radical (unpaired) electrons. The molecule has 0 spiro atoms. The largest absolute Gasteiger partial charge is 0.486 e. The Labute approximate surface area is 112 Å². The molecule has 1 heterocycles. The lowest BCUT2D eigenvalue weighted by molar-refractivity contribution is 0.288. The monoisotopic (exact) mass is 289 g/mol. The molecule has 0 N–H and O–H groups in total. The van der Waals surface area contributed by atoms with Crippen molar-refractivity contribution in [3.8, 4) is 5.75 Å². The minimum Gasteiger partial charge on any atom is -0.486 e. The van der Waals surface area contributed by atoms with Gasteiger partial charge >= 0.3 is 0 Å². The average Bonchev–Trinajstić information content (AvgIpc) is 2.32. The molecule has 0 saturated heterocycles. The maximum Gasteiger partial charge on any atom is 0.165 e. The van der Waals surface area contributed by atoms with Crippen molar-refractivity contribution in [1.29, 1.82) is 0 Å². The molecular weight excluding hydrogens is 283 g/mol. The first-order chi connectivity index (χ1) is 8.56. The van der Waals surface area contributed by atoms with Gasteiger partial charge in [0.05, 0.1) is 5.02 Å². The SMILES string of the molecule is Fc1ccc(F)c(OCc2cnc(Cl)cc2Cl)c1. The zero-order valence-corrected chi connectivity index (χ0v) is 10.5. The Bertz CT molecular complexity index is 578. The van der Waals surface area contributed by atoms with Gasteiger partial charge in [0.2, 0.25) is 0 Å². The molecule has 0 aliphatic rings. The van der Waals surface area contributed by atoms with Gasteiger partial charge in [0.1, 0.15) is 17.6 Å². The summed E-state index contributed by atoms with van der Waals surface area (Å²) in [6.45, 7) is -0.0244. The van der Waals surface area contributed by atoms with Crippen LogP contribution >= 0.6 is 23.2 Å². The lowest BCUT2D eigenvalue weighted by Gasteiger charge is -2.08. The van der Waals surface area contributed by atoms with Crippen molar-refractivity contribution in [3.63, 3.8) is 0 Å². The minimum absolute atomic E-state index is 0.0244. The number of rotatable bonds is 3. The van der Waals surface area contributed by atoms with E-state index in [0.717, 1.165) is 18.2 Å². The van der Waals surface area contributed by atoms with Crippen LogP contribution in [-0.2, 0) is 6.61 Å². The number of pyridine rings is 1. The van der Waals surface area contributed by atoms with E-state index in [4.69, 9.17) is 27.9 Å². The Hall–Kier alpha value is -1.39. The maximum absolute atomic E-state index is 13.3. The molecule has 2 rings (SSSR count). The number of benzene rings is 1. The van der Waals surface area contributed by atoms with Gasteiger partial charge in [-0.3, -0.25) is 0 Å². The van der Waals surface area contributed by atoms with Crippen molar-refractivity contribution in [2.24, 2.45) is 0 Å². The van der Waals surface area contributed by atoms with E-state index in [0.29, 0.717) is 10.6 Å². The van der Waals surface area contributed by atoms with Crippen LogP contribution in [0.1, 0.15) is 5.56 Å². The summed E-state index contributed by atoms with van der Waals surface area (Å²) < 4.78 is 31.3. The highest BCUT2D eigenvalue weighted by molar-refractivity contribution is 6.34. The Morgan fingerprint density at radius 1 is 1.17 bits per heavy atom. The van der Waals surface area contributed by atoms with Gasteiger partial charge in [-0.1, -0.05) is 23.2 Å². The van der Waals surface area contributed by atoms with E-state index in [-0.39, 0.29) is 17.5 Å². The summed E-state index contributed by atoms with van der Waals surface area (Å²) in [5.74, 6) is -1.40. The maximum atomic E-state index is 13.3. The lowest BCUT2D eigenvalue weighted by atomic mass is 10.3. The Balaban J connectivity index is 2.13. The van der Waals surface area contributed by atoms with Gasteiger partial charge in [-0.25, -0.2) is 13.8 Å². The highest BCUT2D eigenvalue weighted by Crippen LogP contribution is 2.23. The first-order valence-electron chi connectivity index (χ1n) is 4.94. The van der Waals surface area contributed by atoms with Crippen LogP contribution in [0.2, 0.25) is 10.2 Å². The molecule has 0 atom stereocenters. The molecule has 1 aromatic carbocycles. The standard InChI is InChI=1S/C12H7Cl2F2NO/c13-9-4-12(14)17-5-7(9)6-18-11-3-8(15)1-2-10(11)16/h1-5H,6H2. The van der Waals surface area contributed by atoms with E-state index in [1.165, 1.54) is 12.3 Å². The molecule has 0 bridgehead atoms. The van der Waals surface area contributed by atoms with E-state index in [9.17, 15) is 8.78 Å². The molecule has 94 valence electrons. The highest BCUT2D eigenvalue weighted by atomic mass is 35.5. The number of nitrogens with zero attached hydrogens (tertiary/aromatic N) is 1. The summed E-state index contributed by atoms with van der Waals surface area (Å²) in [5.41, 5.74) is 0.532. The van der Waals surface area contributed by atoms with E-state index >= 15 is 0 Å². The van der Waals surface area contributed by atoms with Gasteiger partial charge in [0.15, 0.2) is 11.6 Å². The van der Waals surface area contributed by atoms with Crippen molar-refractivity contribution in [3.05, 3.63) is 57.8 Å². The summed E-state index contributed by atoms with van der Waals surface area (Å²) in [5, 5.41) is 0.604. The third-order valence-electron chi connectivity index (χ3n) is 2.17. The van der Waals surface area contributed by atoms with Crippen molar-refractivity contribution in [1.82, 2.24) is 4.98 Å². The number of hydrogen-bond donors (Lipinski definition) is 0. The van der Waals surface area contributed by atoms with Crippen LogP contribution in [0, 0.1) is 11.6 Å². The molecule has 18 heavy (non-hydrogen) atoms. The second-order valence-corrected chi connectivity index (χ2v) is 4.26. The molecule has 1 aromatic heterocycles. The summed E-state index contributed by atoms with van der Waals surface area (Å²) in [6, 6.07) is 4.42. The predicted octanol–water partition coefficient (Wildman–Crippen LogP) is 4.25. The zero-order valence-electron chi connectivity index (χ0n) is 8.96. The average molecular weight is 290 g/mol. The third kappa shape index (κ3) is 3.09. The van der Waals surface area contributed by atoms with E-state index in [1.807, 2.05) is 0 Å². The third-order valence-corrected chi connectivity index (χ3v) is 2.73. The predicted molar refractivity (Wildman–Crippen MR) is 64.9 cm³/mol. The molecule has 6 heteroatoms. The molecule has 2 nitrogen and oxygen atoms in total. The van der Waals surface area contributed by atoms with Crippen LogP contribution in [0.15, 0.2) is 30.5 Å². The van der Waals surface area contributed by atoms with Crippen LogP contribution in [0.3, 0.4) is 0 Å². The highest BCUT2D eigenvalue weighted by Gasteiger charge is 2.07. The fourth-order valence-electron chi connectivity index (χ4n) is 1.29. The molecule has 2 aromatic rings. The molecule has 0 amide bonds. The fourth-order valence-corrected chi connectivity index (χ4v) is 1.71. The summed E-state index contributed by atoms with van der Waals surface area (Å²) >= 11 is 11.5. The Kier molecular flexibility index (Phi) is 3.99. The van der Waals surface area contributed by atoms with Crippen molar-refractivity contribution >= 4 is 23.2 Å². The van der Waals surface area contributed by atoms with Gasteiger partial charge in [-0.15, -0.1) is 0 Å². The van der Waals surface area contributed by atoms with E-state index in [1.54, 1.807) is 0 Å². The zero-order chi connectivity index (χ0) is 13.1. The molecule has 0 aliphatic heterocycles. The van der Waals surface area contributed by atoms with Gasteiger partial charge in [0.25, 0.3) is 0 Å². The molecule has 0 aliphatic carbocycles. The number of aromatic nitrogens is 1. The van der Waals surface area contributed by atoms with Crippen molar-refractivity contribution in [2.75, 3.05) is 0 Å². The molecule has 0 saturated carbocycles. The second-order valence-electron chi connectivity index (χ2n) is 3.46. The van der Waals surface area contributed by atoms with Crippen molar-refractivity contribution < 1.29 is 13.5 Å². The van der Waals surface area contributed by atoms with Crippen LogP contribution in [-0.4, -0.2) is 4.98 Å². The quantitative estimate of drug-likeness (QED) is 0.788. The molecular formula is C12H7Cl2F2NO. The second kappa shape index (κ2) is 5.50. The Morgan fingerprint density at radius 2 is 1.94 bits per heavy atom. The topological polar surface area (TPSA) is 22.1 Å². The normalized spacial score (nSPS) is 10.4. The minimum atomic E-state index is -0.644. The van der Waals surface area contributed by atoms with Crippen LogP contribution < -0.4 is 4.74 Å². The summed E-state index contributed by atoms with van der Waals surface area (Å²) in [6.07, 6.45) is 1.42. The van der Waals surface area contributed by atoms with Crippen LogP contribution in [0.4, 0.5) is 8.78 Å². The van der Waals surface area contributed by atoms with Gasteiger partial charge in [0, 0.05) is 17.8 Å². The lowest BCUT2D eigenvalue weighted by Crippen LogP contribution is -1.99.